The van der Waals surface area contributed by atoms with Crippen molar-refractivity contribution in [3.05, 3.63) is 24.3 Å². The van der Waals surface area contributed by atoms with Crippen molar-refractivity contribution in [1.82, 2.24) is 4.90 Å². The van der Waals surface area contributed by atoms with Gasteiger partial charge in [0.2, 0.25) is 0 Å². The number of ether oxygens (including phenoxy) is 2. The highest BCUT2D eigenvalue weighted by Crippen LogP contribution is 2.28. The van der Waals surface area contributed by atoms with Crippen molar-refractivity contribution < 1.29 is 26.7 Å². The Morgan fingerprint density at radius 2 is 1.93 bits per heavy atom. The molecule has 0 spiro atoms. The lowest BCUT2D eigenvalue weighted by molar-refractivity contribution is -0.0000155. The summed E-state index contributed by atoms with van der Waals surface area (Å²) < 4.78 is 11.6. The van der Waals surface area contributed by atoms with Gasteiger partial charge < -0.3 is 26.8 Å². The van der Waals surface area contributed by atoms with E-state index < -0.39 is 0 Å². The van der Waals surface area contributed by atoms with E-state index in [9.17, 15) is 4.79 Å². The molecule has 0 radical (unpaired) electrons. The van der Waals surface area contributed by atoms with Crippen LogP contribution in [0.4, 0.5) is 10.5 Å². The quantitative estimate of drug-likeness (QED) is 0.538. The van der Waals surface area contributed by atoms with Gasteiger partial charge in [0.25, 0.3) is 0 Å². The molecule has 5 nitrogen and oxygen atoms in total. The van der Waals surface area contributed by atoms with Gasteiger partial charge in [0.05, 0.1) is 12.3 Å². The molecular weight excluding hydrogens is 364 g/mol. The van der Waals surface area contributed by atoms with Crippen LogP contribution in [0.15, 0.2) is 24.3 Å². The number of carbonyl (C=O) groups excluding carboxylic acids is 1. The van der Waals surface area contributed by atoms with E-state index in [0.29, 0.717) is 24.0 Å². The lowest BCUT2D eigenvalue weighted by Gasteiger charge is -2.27. The van der Waals surface area contributed by atoms with Crippen molar-refractivity contribution in [2.24, 2.45) is 5.92 Å². The van der Waals surface area contributed by atoms with Crippen LogP contribution < -0.4 is 22.5 Å². The highest BCUT2D eigenvalue weighted by molar-refractivity contribution is 5.86. The van der Waals surface area contributed by atoms with E-state index in [2.05, 4.69) is 31.2 Å². The molecule has 1 N–H and O–H groups in total. The summed E-state index contributed by atoms with van der Waals surface area (Å²) in [6.45, 7) is 3.73. The third-order valence-corrected chi connectivity index (χ3v) is 4.83. The fourth-order valence-electron chi connectivity index (χ4n) is 3.48. The number of benzene rings is 1. The summed E-state index contributed by atoms with van der Waals surface area (Å²) in [4.78, 5) is 14.7. The highest BCUT2D eigenvalue weighted by Gasteiger charge is 2.27. The van der Waals surface area contributed by atoms with Crippen LogP contribution in [0.2, 0.25) is 0 Å². The first-order valence-electron chi connectivity index (χ1n) is 9.94. The Hall–Kier alpha value is -1.46. The van der Waals surface area contributed by atoms with Crippen LogP contribution in [-0.4, -0.2) is 44.3 Å². The van der Waals surface area contributed by atoms with Gasteiger partial charge in [-0.2, -0.15) is 0 Å². The molecule has 6 heteroatoms. The van der Waals surface area contributed by atoms with Gasteiger partial charge in [-0.25, -0.2) is 4.79 Å². The van der Waals surface area contributed by atoms with Crippen molar-refractivity contribution >= 4 is 11.8 Å². The average Bonchev–Trinajstić information content (AvgIpc) is 2.81. The van der Waals surface area contributed by atoms with E-state index in [1.54, 1.807) is 0 Å². The van der Waals surface area contributed by atoms with Gasteiger partial charge in [-0.15, -0.1) is 0 Å². The second-order valence-electron chi connectivity index (χ2n) is 7.43. The monoisotopic (exact) mass is 397 g/mol. The van der Waals surface area contributed by atoms with Gasteiger partial charge >= 0.3 is 6.09 Å². The second kappa shape index (κ2) is 12.8. The lowest BCUT2D eigenvalue weighted by Crippen LogP contribution is -3.00. The summed E-state index contributed by atoms with van der Waals surface area (Å²) in [5, 5.41) is 2.88. The fourth-order valence-corrected chi connectivity index (χ4v) is 3.48. The fraction of sp³-hybridized carbons (Fsp3) is 0.667. The van der Waals surface area contributed by atoms with Crippen molar-refractivity contribution in [3.63, 3.8) is 0 Å². The maximum absolute atomic E-state index is 12.5. The van der Waals surface area contributed by atoms with Gasteiger partial charge in [-0.05, 0) is 51.9 Å². The van der Waals surface area contributed by atoms with Crippen molar-refractivity contribution in [2.45, 2.75) is 58.0 Å². The molecule has 0 aromatic heterocycles. The van der Waals surface area contributed by atoms with E-state index >= 15 is 0 Å². The number of para-hydroxylation sites is 2. The Kier molecular flexibility index (Phi) is 11.2. The number of amides is 1. The molecule has 2 rings (SSSR count). The molecule has 0 heterocycles. The summed E-state index contributed by atoms with van der Waals surface area (Å²) in [6.07, 6.45) is 7.29. The van der Waals surface area contributed by atoms with E-state index in [4.69, 9.17) is 9.47 Å². The standard InChI is InChI=1S/C21H34N2O3.ClH/c1-4-5-15-25-20-14-10-9-12-18(20)22-21(24)26-19-13-8-6-7-11-17(19)16-23(2)3;/h9-10,12,14,17,19H,4-8,11,13,15-16H2,1-3H3,(H,22,24);1H/p-1/t17-,19-;/m1./s1. The molecule has 27 heavy (non-hydrogen) atoms. The van der Waals surface area contributed by atoms with Gasteiger partial charge in [-0.3, -0.25) is 5.32 Å². The van der Waals surface area contributed by atoms with Gasteiger partial charge in [-0.1, -0.05) is 38.3 Å². The Morgan fingerprint density at radius 1 is 1.19 bits per heavy atom. The van der Waals surface area contributed by atoms with Crippen LogP contribution in [0.5, 0.6) is 5.75 Å². The first-order chi connectivity index (χ1) is 12.6. The number of nitrogens with one attached hydrogen (secondary N) is 1. The summed E-state index contributed by atoms with van der Waals surface area (Å²) in [5.74, 6) is 1.10. The minimum atomic E-state index is -0.382. The highest BCUT2D eigenvalue weighted by atomic mass is 35.5. The molecule has 1 fully saturated rings. The van der Waals surface area contributed by atoms with E-state index in [0.717, 1.165) is 38.6 Å². The summed E-state index contributed by atoms with van der Waals surface area (Å²) in [5.41, 5.74) is 0.673. The average molecular weight is 398 g/mol. The second-order valence-corrected chi connectivity index (χ2v) is 7.43. The molecule has 0 bridgehead atoms. The topological polar surface area (TPSA) is 50.8 Å². The number of hydrogen-bond donors (Lipinski definition) is 1. The minimum Gasteiger partial charge on any atom is -1.00 e. The molecule has 1 aliphatic carbocycles. The SMILES string of the molecule is CCCCOc1ccccc1NC(=O)O[C@@H]1CCCCC[C@@H]1CN(C)C.[Cl-]. The number of hydrogen-bond acceptors (Lipinski definition) is 4. The Morgan fingerprint density at radius 3 is 2.67 bits per heavy atom. The number of carbonyl (C=O) groups is 1. The number of halogens is 1. The normalized spacial score (nSPS) is 19.7. The maximum atomic E-state index is 12.5. The molecule has 1 aromatic carbocycles. The molecule has 1 aliphatic rings. The Labute approximate surface area is 170 Å². The van der Waals surface area contributed by atoms with Crippen LogP contribution in [0.25, 0.3) is 0 Å². The maximum Gasteiger partial charge on any atom is 0.412 e. The Bertz CT molecular complexity index is 554. The smallest absolute Gasteiger partial charge is 0.412 e. The van der Waals surface area contributed by atoms with E-state index in [-0.39, 0.29) is 24.6 Å². The van der Waals surface area contributed by atoms with Crippen molar-refractivity contribution in [2.75, 3.05) is 32.6 Å². The number of rotatable bonds is 8. The zero-order valence-corrected chi connectivity index (χ0v) is 17.6. The number of nitrogens with zero attached hydrogens (tertiary/aromatic N) is 1. The molecule has 0 aliphatic heterocycles. The molecule has 1 saturated carbocycles. The van der Waals surface area contributed by atoms with Crippen LogP contribution in [0.1, 0.15) is 51.9 Å². The Balaban J connectivity index is 0.00000364. The van der Waals surface area contributed by atoms with Gasteiger partial charge in [0, 0.05) is 12.5 Å². The van der Waals surface area contributed by atoms with Crippen molar-refractivity contribution in [3.8, 4) is 5.75 Å². The summed E-state index contributed by atoms with van der Waals surface area (Å²) in [6, 6.07) is 7.54. The largest absolute Gasteiger partial charge is 1.00 e. The molecule has 2 atom stereocenters. The summed E-state index contributed by atoms with van der Waals surface area (Å²) >= 11 is 0. The zero-order chi connectivity index (χ0) is 18.8. The van der Waals surface area contributed by atoms with Gasteiger partial charge in [0.15, 0.2) is 0 Å². The number of anilines is 1. The molecule has 1 aromatic rings. The molecule has 0 saturated heterocycles. The molecule has 0 unspecified atom stereocenters. The molecule has 1 amide bonds. The molecular formula is C21H34ClN2O3-. The predicted molar refractivity (Wildman–Crippen MR) is 106 cm³/mol. The van der Waals surface area contributed by atoms with E-state index in [1.807, 2.05) is 24.3 Å². The zero-order valence-electron chi connectivity index (χ0n) is 16.9. The summed E-state index contributed by atoms with van der Waals surface area (Å²) in [7, 11) is 4.15. The third-order valence-electron chi connectivity index (χ3n) is 4.83. The van der Waals surface area contributed by atoms with E-state index in [1.165, 1.54) is 12.8 Å². The van der Waals surface area contributed by atoms with Crippen LogP contribution in [-0.2, 0) is 4.74 Å². The van der Waals surface area contributed by atoms with Crippen LogP contribution >= 0.6 is 0 Å². The van der Waals surface area contributed by atoms with Crippen LogP contribution in [0.3, 0.4) is 0 Å². The number of unbranched alkanes of at least 4 members (excludes halogenated alkanes) is 1. The predicted octanol–water partition coefficient (Wildman–Crippen LogP) is 1.93. The molecule has 154 valence electrons. The van der Waals surface area contributed by atoms with Gasteiger partial charge in [0.1, 0.15) is 11.9 Å². The third kappa shape index (κ3) is 8.39. The lowest BCUT2D eigenvalue weighted by atomic mass is 9.97. The first kappa shape index (κ1) is 23.6. The first-order valence-corrected chi connectivity index (χ1v) is 9.94. The van der Waals surface area contributed by atoms with Crippen molar-refractivity contribution in [1.29, 1.82) is 0 Å². The minimum absolute atomic E-state index is 0. The van der Waals surface area contributed by atoms with Crippen LogP contribution in [0, 0.1) is 5.92 Å².